The van der Waals surface area contributed by atoms with Gasteiger partial charge >= 0.3 is 0 Å². The predicted octanol–water partition coefficient (Wildman–Crippen LogP) is 2.97. The van der Waals surface area contributed by atoms with E-state index in [-0.39, 0.29) is 5.91 Å². The van der Waals surface area contributed by atoms with Crippen molar-refractivity contribution >= 4 is 21.8 Å². The Labute approximate surface area is 147 Å². The number of carbonyl (C=O) groups excluding carboxylic acids is 1. The van der Waals surface area contributed by atoms with Crippen LogP contribution in [0.5, 0.6) is 5.75 Å². The molecule has 0 saturated heterocycles. The number of ether oxygens (including phenoxy) is 1. The van der Waals surface area contributed by atoms with Crippen molar-refractivity contribution in [1.82, 2.24) is 19.9 Å². The van der Waals surface area contributed by atoms with Crippen LogP contribution in [0.4, 0.5) is 0 Å². The number of nitrogens with one attached hydrogen (secondary N) is 1. The molecule has 1 amide bonds. The van der Waals surface area contributed by atoms with Crippen molar-refractivity contribution in [2.45, 2.75) is 6.54 Å². The van der Waals surface area contributed by atoms with Crippen molar-refractivity contribution in [3.05, 3.63) is 70.8 Å². The van der Waals surface area contributed by atoms with Crippen LogP contribution < -0.4 is 10.1 Å². The third-order valence-electron chi connectivity index (χ3n) is 3.45. The highest BCUT2D eigenvalue weighted by Gasteiger charge is 2.11. The maximum Gasteiger partial charge on any atom is 0.252 e. The van der Waals surface area contributed by atoms with E-state index in [0.717, 1.165) is 15.9 Å². The number of nitrogens with zero attached hydrogens (tertiary/aromatic N) is 3. The van der Waals surface area contributed by atoms with E-state index in [1.54, 1.807) is 44.0 Å². The Morgan fingerprint density at radius 1 is 1.33 bits per heavy atom. The number of carbonyl (C=O) groups is 1. The summed E-state index contributed by atoms with van der Waals surface area (Å²) >= 11 is 3.38. The van der Waals surface area contributed by atoms with Gasteiger partial charge in [0.15, 0.2) is 0 Å². The van der Waals surface area contributed by atoms with Crippen LogP contribution >= 0.6 is 15.9 Å². The van der Waals surface area contributed by atoms with Gasteiger partial charge in [-0.1, -0.05) is 6.07 Å². The number of halogens is 1. The van der Waals surface area contributed by atoms with Gasteiger partial charge in [0, 0.05) is 29.6 Å². The minimum absolute atomic E-state index is 0.181. The third kappa shape index (κ3) is 3.62. The lowest BCUT2D eigenvalue weighted by Gasteiger charge is -2.09. The summed E-state index contributed by atoms with van der Waals surface area (Å²) in [6, 6.07) is 9.07. The van der Waals surface area contributed by atoms with E-state index in [1.165, 1.54) is 0 Å². The number of benzene rings is 1. The number of hydrogen-bond donors (Lipinski definition) is 1. The number of methoxy groups -OCH3 is 1. The zero-order chi connectivity index (χ0) is 16.9. The summed E-state index contributed by atoms with van der Waals surface area (Å²) in [5.74, 6) is 1.23. The number of amides is 1. The van der Waals surface area contributed by atoms with E-state index >= 15 is 0 Å². The second kappa shape index (κ2) is 7.27. The largest absolute Gasteiger partial charge is 0.497 e. The molecule has 0 radical (unpaired) electrons. The summed E-state index contributed by atoms with van der Waals surface area (Å²) in [6.07, 6.45) is 6.94. The Hall–Kier alpha value is -2.67. The Balaban J connectivity index is 1.66. The second-order valence-electron chi connectivity index (χ2n) is 5.02. The average Bonchev–Trinajstić information content (AvgIpc) is 3.15. The van der Waals surface area contributed by atoms with E-state index in [9.17, 15) is 4.79 Å². The Morgan fingerprint density at radius 2 is 2.21 bits per heavy atom. The van der Waals surface area contributed by atoms with Gasteiger partial charge in [-0.15, -0.1) is 0 Å². The molecular formula is C17H15BrN4O2. The fraction of sp³-hybridized carbons (Fsp3) is 0.118. The highest BCUT2D eigenvalue weighted by molar-refractivity contribution is 9.10. The van der Waals surface area contributed by atoms with Crippen LogP contribution in [-0.4, -0.2) is 27.6 Å². The van der Waals surface area contributed by atoms with Crippen LogP contribution in [0, 0.1) is 0 Å². The third-order valence-corrected chi connectivity index (χ3v) is 4.14. The van der Waals surface area contributed by atoms with Gasteiger partial charge in [-0.05, 0) is 45.8 Å². The molecule has 0 aliphatic rings. The summed E-state index contributed by atoms with van der Waals surface area (Å²) in [5, 5.41) is 2.88. The lowest BCUT2D eigenvalue weighted by molar-refractivity contribution is 0.0949. The van der Waals surface area contributed by atoms with Crippen LogP contribution in [0.15, 0.2) is 59.7 Å². The maximum absolute atomic E-state index is 12.3. The fourth-order valence-electron chi connectivity index (χ4n) is 2.15. The molecule has 0 atom stereocenters. The van der Waals surface area contributed by atoms with Gasteiger partial charge < -0.3 is 10.1 Å². The van der Waals surface area contributed by atoms with Crippen LogP contribution in [-0.2, 0) is 6.54 Å². The lowest BCUT2D eigenvalue weighted by Crippen LogP contribution is -2.23. The fourth-order valence-corrected chi connectivity index (χ4v) is 2.58. The normalized spacial score (nSPS) is 10.4. The number of imidazole rings is 1. The molecule has 122 valence electrons. The van der Waals surface area contributed by atoms with Gasteiger partial charge in [0.05, 0.1) is 12.7 Å². The molecule has 0 aliphatic heterocycles. The van der Waals surface area contributed by atoms with Crippen LogP contribution in [0.1, 0.15) is 15.9 Å². The molecule has 7 heteroatoms. The number of hydrogen-bond acceptors (Lipinski definition) is 4. The average molecular weight is 387 g/mol. The molecule has 3 rings (SSSR count). The lowest BCUT2D eigenvalue weighted by atomic mass is 10.2. The molecule has 2 heterocycles. The van der Waals surface area contributed by atoms with Crippen molar-refractivity contribution in [2.24, 2.45) is 0 Å². The Kier molecular flexibility index (Phi) is 4.90. The van der Waals surface area contributed by atoms with E-state index < -0.39 is 0 Å². The molecule has 0 unspecified atom stereocenters. The molecule has 6 nitrogen and oxygen atoms in total. The maximum atomic E-state index is 12.3. The Bertz CT molecular complexity index is 832. The summed E-state index contributed by atoms with van der Waals surface area (Å²) in [4.78, 5) is 20.7. The number of aromatic nitrogens is 3. The molecule has 1 N–H and O–H groups in total. The second-order valence-corrected chi connectivity index (χ2v) is 5.88. The predicted molar refractivity (Wildman–Crippen MR) is 93.2 cm³/mol. The van der Waals surface area contributed by atoms with E-state index in [0.29, 0.717) is 17.9 Å². The topological polar surface area (TPSA) is 69.0 Å². The Morgan fingerprint density at radius 3 is 2.88 bits per heavy atom. The first-order valence-electron chi connectivity index (χ1n) is 7.22. The van der Waals surface area contributed by atoms with Gasteiger partial charge in [0.25, 0.3) is 5.91 Å². The number of pyridine rings is 1. The monoisotopic (exact) mass is 386 g/mol. The molecule has 2 aromatic heterocycles. The van der Waals surface area contributed by atoms with Crippen molar-refractivity contribution in [2.75, 3.05) is 7.11 Å². The van der Waals surface area contributed by atoms with E-state index in [4.69, 9.17) is 4.74 Å². The van der Waals surface area contributed by atoms with Crippen LogP contribution in [0.3, 0.4) is 0 Å². The first-order chi connectivity index (χ1) is 11.7. The van der Waals surface area contributed by atoms with Gasteiger partial charge in [-0.2, -0.15) is 0 Å². The molecule has 0 aliphatic carbocycles. The summed E-state index contributed by atoms with van der Waals surface area (Å²) in [5.41, 5.74) is 1.43. The van der Waals surface area contributed by atoms with E-state index in [1.807, 2.05) is 22.9 Å². The molecule has 24 heavy (non-hydrogen) atoms. The van der Waals surface area contributed by atoms with Crippen molar-refractivity contribution in [3.8, 4) is 11.6 Å². The van der Waals surface area contributed by atoms with Crippen molar-refractivity contribution in [3.63, 3.8) is 0 Å². The molecule has 0 spiro atoms. The molecule has 1 aromatic carbocycles. The molecule has 0 saturated carbocycles. The highest BCUT2D eigenvalue weighted by Crippen LogP contribution is 2.22. The smallest absolute Gasteiger partial charge is 0.252 e. The van der Waals surface area contributed by atoms with Crippen molar-refractivity contribution in [1.29, 1.82) is 0 Å². The first kappa shape index (κ1) is 16.2. The van der Waals surface area contributed by atoms with Crippen LogP contribution in [0.25, 0.3) is 5.82 Å². The molecular weight excluding hydrogens is 372 g/mol. The number of rotatable bonds is 5. The minimum Gasteiger partial charge on any atom is -0.497 e. The van der Waals surface area contributed by atoms with E-state index in [2.05, 4.69) is 31.2 Å². The van der Waals surface area contributed by atoms with Crippen molar-refractivity contribution < 1.29 is 9.53 Å². The summed E-state index contributed by atoms with van der Waals surface area (Å²) in [7, 11) is 1.57. The summed E-state index contributed by atoms with van der Waals surface area (Å²) in [6.45, 7) is 0.389. The van der Waals surface area contributed by atoms with Gasteiger partial charge in [0.2, 0.25) is 0 Å². The highest BCUT2D eigenvalue weighted by atomic mass is 79.9. The van der Waals surface area contributed by atoms with Gasteiger partial charge in [0.1, 0.15) is 17.9 Å². The van der Waals surface area contributed by atoms with Crippen LogP contribution in [0.2, 0.25) is 0 Å². The zero-order valence-corrected chi connectivity index (χ0v) is 14.5. The van der Waals surface area contributed by atoms with Gasteiger partial charge in [-0.3, -0.25) is 9.36 Å². The standard InChI is InChI=1S/C17H15BrN4O2/c1-24-13-3-4-15(18)14(8-13)17(23)21-10-12-2-5-16(20-9-12)22-7-6-19-11-22/h2-9,11H,10H2,1H3,(H,21,23). The first-order valence-corrected chi connectivity index (χ1v) is 8.01. The molecule has 0 bridgehead atoms. The quantitative estimate of drug-likeness (QED) is 0.731. The summed E-state index contributed by atoms with van der Waals surface area (Å²) < 4.78 is 7.69. The molecule has 3 aromatic rings. The molecule has 0 fully saturated rings. The zero-order valence-electron chi connectivity index (χ0n) is 12.9. The minimum atomic E-state index is -0.181. The SMILES string of the molecule is COc1ccc(Br)c(C(=O)NCc2ccc(-n3ccnc3)nc2)c1. The van der Waals surface area contributed by atoms with Gasteiger partial charge in [-0.25, -0.2) is 9.97 Å².